The summed E-state index contributed by atoms with van der Waals surface area (Å²) in [5.74, 6) is -0.123. The highest BCUT2D eigenvalue weighted by Gasteiger charge is 2.29. The SMILES string of the molecule is CNc1nc(-c2ccc(OC)c(NC(=O)CN(CCc3ccccc3)S(=O)(=O)c3cc(Cl)ccc3Cl)c2)cs1. The zero-order valence-corrected chi connectivity index (χ0v) is 24.3. The summed E-state index contributed by atoms with van der Waals surface area (Å²) in [4.78, 5) is 17.6. The van der Waals surface area contributed by atoms with Gasteiger partial charge < -0.3 is 15.4 Å². The molecule has 0 fully saturated rings. The van der Waals surface area contributed by atoms with Crippen LogP contribution in [0.5, 0.6) is 5.75 Å². The van der Waals surface area contributed by atoms with Gasteiger partial charge in [-0.05, 0) is 48.4 Å². The first kappa shape index (κ1) is 28.8. The van der Waals surface area contributed by atoms with Crippen molar-refractivity contribution in [2.75, 3.05) is 37.9 Å². The fourth-order valence-electron chi connectivity index (χ4n) is 3.83. The molecular weight excluding hydrogens is 579 g/mol. The van der Waals surface area contributed by atoms with E-state index in [1.807, 2.05) is 41.8 Å². The second kappa shape index (κ2) is 12.8. The van der Waals surface area contributed by atoms with Crippen LogP contribution in [0.25, 0.3) is 11.3 Å². The van der Waals surface area contributed by atoms with Gasteiger partial charge in [0.1, 0.15) is 10.6 Å². The van der Waals surface area contributed by atoms with E-state index in [9.17, 15) is 13.2 Å². The van der Waals surface area contributed by atoms with Crippen LogP contribution in [0.15, 0.2) is 77.0 Å². The number of halogens is 2. The zero-order chi connectivity index (χ0) is 28.0. The van der Waals surface area contributed by atoms with Gasteiger partial charge in [-0.15, -0.1) is 11.3 Å². The van der Waals surface area contributed by atoms with Crippen molar-refractivity contribution in [1.82, 2.24) is 9.29 Å². The minimum absolute atomic E-state index is 0.0168. The number of nitrogens with one attached hydrogen (secondary N) is 2. The first-order valence-electron chi connectivity index (χ1n) is 11.8. The van der Waals surface area contributed by atoms with Gasteiger partial charge in [0.25, 0.3) is 0 Å². The van der Waals surface area contributed by atoms with E-state index in [4.69, 9.17) is 27.9 Å². The highest BCUT2D eigenvalue weighted by molar-refractivity contribution is 7.89. The molecule has 12 heteroatoms. The predicted octanol–water partition coefficient (Wildman–Crippen LogP) is 6.04. The topological polar surface area (TPSA) is 101 Å². The van der Waals surface area contributed by atoms with Gasteiger partial charge >= 0.3 is 0 Å². The van der Waals surface area contributed by atoms with E-state index in [0.717, 1.165) is 26.3 Å². The molecule has 3 aromatic carbocycles. The van der Waals surface area contributed by atoms with Crippen LogP contribution in [0.2, 0.25) is 10.0 Å². The fraction of sp³-hybridized carbons (Fsp3) is 0.185. The molecule has 4 rings (SSSR count). The molecule has 2 N–H and O–H groups in total. The van der Waals surface area contributed by atoms with Crippen molar-refractivity contribution in [3.05, 3.63) is 87.7 Å². The molecule has 0 saturated carbocycles. The van der Waals surface area contributed by atoms with Gasteiger partial charge in [-0.25, -0.2) is 13.4 Å². The van der Waals surface area contributed by atoms with Crippen LogP contribution in [0.4, 0.5) is 10.8 Å². The number of methoxy groups -OCH3 is 1. The number of benzene rings is 3. The van der Waals surface area contributed by atoms with Crippen LogP contribution in [0, 0.1) is 0 Å². The molecule has 8 nitrogen and oxygen atoms in total. The van der Waals surface area contributed by atoms with Crippen molar-refractivity contribution in [1.29, 1.82) is 0 Å². The Labute approximate surface area is 241 Å². The Balaban J connectivity index is 1.61. The Kier molecular flexibility index (Phi) is 9.47. The Bertz CT molecular complexity index is 1560. The van der Waals surface area contributed by atoms with E-state index in [0.29, 0.717) is 17.9 Å². The number of hydrogen-bond acceptors (Lipinski definition) is 7. The van der Waals surface area contributed by atoms with Crippen LogP contribution in [-0.4, -0.2) is 50.9 Å². The smallest absolute Gasteiger partial charge is 0.245 e. The van der Waals surface area contributed by atoms with Gasteiger partial charge in [0.05, 0.1) is 30.1 Å². The fourth-order valence-corrected chi connectivity index (χ4v) is 6.65. The molecule has 4 aromatic rings. The molecular formula is C27H26Cl2N4O4S2. The molecule has 204 valence electrons. The second-order valence-corrected chi connectivity index (χ2v) is 12.0. The maximum absolute atomic E-state index is 13.7. The lowest BCUT2D eigenvalue weighted by atomic mass is 10.1. The number of sulfonamides is 1. The van der Waals surface area contributed by atoms with Gasteiger partial charge in [0.2, 0.25) is 15.9 Å². The Morgan fingerprint density at radius 3 is 2.54 bits per heavy atom. The average molecular weight is 606 g/mol. The lowest BCUT2D eigenvalue weighted by Crippen LogP contribution is -2.39. The minimum Gasteiger partial charge on any atom is -0.495 e. The predicted molar refractivity (Wildman–Crippen MR) is 158 cm³/mol. The number of ether oxygens (including phenoxy) is 1. The first-order valence-corrected chi connectivity index (χ1v) is 14.9. The molecule has 0 saturated heterocycles. The van der Waals surface area contributed by atoms with E-state index in [1.165, 1.54) is 36.6 Å². The molecule has 1 aromatic heterocycles. The minimum atomic E-state index is -4.17. The number of amides is 1. The van der Waals surface area contributed by atoms with E-state index in [1.54, 1.807) is 19.2 Å². The monoisotopic (exact) mass is 604 g/mol. The number of nitrogens with zero attached hydrogens (tertiary/aromatic N) is 2. The number of anilines is 2. The van der Waals surface area contributed by atoms with E-state index in [-0.39, 0.29) is 21.5 Å². The molecule has 0 unspecified atom stereocenters. The summed E-state index contributed by atoms with van der Waals surface area (Å²) < 4.78 is 33.9. The van der Waals surface area contributed by atoms with Crippen LogP contribution in [0.3, 0.4) is 0 Å². The number of thiazole rings is 1. The van der Waals surface area contributed by atoms with Crippen LogP contribution in [-0.2, 0) is 21.2 Å². The summed E-state index contributed by atoms with van der Waals surface area (Å²) in [6.45, 7) is -0.405. The van der Waals surface area contributed by atoms with Crippen molar-refractivity contribution >= 4 is 61.3 Å². The van der Waals surface area contributed by atoms with Crippen LogP contribution >= 0.6 is 34.5 Å². The van der Waals surface area contributed by atoms with Gasteiger partial charge in [0.15, 0.2) is 5.13 Å². The van der Waals surface area contributed by atoms with Gasteiger partial charge in [0, 0.05) is 29.6 Å². The molecule has 0 spiro atoms. The largest absolute Gasteiger partial charge is 0.495 e. The lowest BCUT2D eigenvalue weighted by Gasteiger charge is -2.23. The lowest BCUT2D eigenvalue weighted by molar-refractivity contribution is -0.116. The third-order valence-corrected chi connectivity index (χ3v) is 9.23. The number of carbonyl (C=O) groups is 1. The quantitative estimate of drug-likeness (QED) is 0.216. The normalized spacial score (nSPS) is 11.4. The maximum atomic E-state index is 13.7. The van der Waals surface area contributed by atoms with Crippen molar-refractivity contribution < 1.29 is 17.9 Å². The summed E-state index contributed by atoms with van der Waals surface area (Å²) >= 11 is 13.8. The number of rotatable bonds is 11. The Morgan fingerprint density at radius 2 is 1.85 bits per heavy atom. The van der Waals surface area contributed by atoms with Crippen molar-refractivity contribution in [3.63, 3.8) is 0 Å². The van der Waals surface area contributed by atoms with Crippen LogP contribution < -0.4 is 15.4 Å². The molecule has 1 heterocycles. The number of hydrogen-bond donors (Lipinski definition) is 2. The first-order chi connectivity index (χ1) is 18.7. The van der Waals surface area contributed by atoms with E-state index >= 15 is 0 Å². The third kappa shape index (κ3) is 7.09. The van der Waals surface area contributed by atoms with Crippen molar-refractivity contribution in [2.24, 2.45) is 0 Å². The van der Waals surface area contributed by atoms with Gasteiger partial charge in [-0.1, -0.05) is 53.5 Å². The van der Waals surface area contributed by atoms with Crippen molar-refractivity contribution in [2.45, 2.75) is 11.3 Å². The molecule has 0 radical (unpaired) electrons. The molecule has 39 heavy (non-hydrogen) atoms. The Hall–Kier alpha value is -3.15. The van der Waals surface area contributed by atoms with Gasteiger partial charge in [-0.3, -0.25) is 4.79 Å². The third-order valence-electron chi connectivity index (χ3n) is 5.81. The second-order valence-electron chi connectivity index (χ2n) is 8.40. The molecule has 0 aliphatic heterocycles. The number of carbonyl (C=O) groups excluding carboxylic acids is 1. The van der Waals surface area contributed by atoms with Crippen LogP contribution in [0.1, 0.15) is 5.56 Å². The zero-order valence-electron chi connectivity index (χ0n) is 21.1. The molecule has 0 aliphatic rings. The standard InChI is InChI=1S/C27H26Cl2N4O4S2/c1-30-27-32-23(17-38-27)19-8-11-24(37-2)22(14-19)31-26(34)16-33(13-12-18-6-4-3-5-7-18)39(35,36)25-15-20(28)9-10-21(25)29/h3-11,14-15,17H,12-13,16H2,1-2H3,(H,30,32)(H,31,34). The summed E-state index contributed by atoms with van der Waals surface area (Å²) in [5.41, 5.74) is 2.81. The number of aromatic nitrogens is 1. The summed E-state index contributed by atoms with van der Waals surface area (Å²) in [6, 6.07) is 18.9. The molecule has 0 aliphatic carbocycles. The molecule has 0 bridgehead atoms. The highest BCUT2D eigenvalue weighted by atomic mass is 35.5. The maximum Gasteiger partial charge on any atom is 0.245 e. The van der Waals surface area contributed by atoms with E-state index in [2.05, 4.69) is 15.6 Å². The van der Waals surface area contributed by atoms with Gasteiger partial charge in [-0.2, -0.15) is 4.31 Å². The molecule has 0 atom stereocenters. The summed E-state index contributed by atoms with van der Waals surface area (Å²) in [5, 5.41) is 8.69. The summed E-state index contributed by atoms with van der Waals surface area (Å²) in [6.07, 6.45) is 0.391. The van der Waals surface area contributed by atoms with Crippen molar-refractivity contribution in [3.8, 4) is 17.0 Å². The Morgan fingerprint density at radius 1 is 1.08 bits per heavy atom. The summed E-state index contributed by atoms with van der Waals surface area (Å²) in [7, 11) is -0.891. The van der Waals surface area contributed by atoms with E-state index < -0.39 is 22.5 Å². The average Bonchev–Trinajstić information content (AvgIpc) is 3.42. The highest BCUT2D eigenvalue weighted by Crippen LogP contribution is 2.33. The molecule has 1 amide bonds.